The fourth-order valence-corrected chi connectivity index (χ4v) is 1.60. The van der Waals surface area contributed by atoms with Crippen LogP contribution in [-0.4, -0.2) is 13.8 Å². The highest BCUT2D eigenvalue weighted by Crippen LogP contribution is 2.38. The highest BCUT2D eigenvalue weighted by atomic mass is 35.5. The van der Waals surface area contributed by atoms with E-state index >= 15 is 0 Å². The standard InChI is InChI=1S/C9H10ClNO2/c1-11-4-6-2-7(10)3-8-9(6)13-5-12-8/h2-3,11H,4-5H2,1H3. The molecule has 0 bridgehead atoms. The normalized spacial score (nSPS) is 13.4. The second kappa shape index (κ2) is 3.44. The first-order valence-electron chi connectivity index (χ1n) is 4.04. The largest absolute Gasteiger partial charge is 0.454 e. The van der Waals surface area contributed by atoms with Crippen LogP contribution in [0.25, 0.3) is 0 Å². The zero-order chi connectivity index (χ0) is 9.26. The quantitative estimate of drug-likeness (QED) is 0.788. The van der Waals surface area contributed by atoms with Gasteiger partial charge in [0.2, 0.25) is 6.79 Å². The topological polar surface area (TPSA) is 30.5 Å². The van der Waals surface area contributed by atoms with Gasteiger partial charge in [-0.05, 0) is 13.1 Å². The summed E-state index contributed by atoms with van der Waals surface area (Å²) in [6.07, 6.45) is 0. The van der Waals surface area contributed by atoms with Gasteiger partial charge in [0, 0.05) is 23.2 Å². The molecule has 0 radical (unpaired) electrons. The van der Waals surface area contributed by atoms with Gasteiger partial charge in [0.05, 0.1) is 0 Å². The summed E-state index contributed by atoms with van der Waals surface area (Å²) < 4.78 is 10.5. The molecule has 0 unspecified atom stereocenters. The molecule has 1 aromatic rings. The Bertz CT molecular complexity index is 328. The molecular weight excluding hydrogens is 190 g/mol. The summed E-state index contributed by atoms with van der Waals surface area (Å²) in [6.45, 7) is 1.01. The van der Waals surface area contributed by atoms with Gasteiger partial charge in [0.15, 0.2) is 11.5 Å². The van der Waals surface area contributed by atoms with Gasteiger partial charge in [0.25, 0.3) is 0 Å². The minimum absolute atomic E-state index is 0.284. The molecule has 0 aliphatic carbocycles. The highest BCUT2D eigenvalue weighted by molar-refractivity contribution is 6.30. The second-order valence-corrected chi connectivity index (χ2v) is 3.27. The first-order chi connectivity index (χ1) is 6.31. The molecule has 1 aliphatic rings. The lowest BCUT2D eigenvalue weighted by Crippen LogP contribution is -2.06. The zero-order valence-electron chi connectivity index (χ0n) is 7.26. The van der Waals surface area contributed by atoms with Crippen molar-refractivity contribution in [2.75, 3.05) is 13.8 Å². The number of hydrogen-bond acceptors (Lipinski definition) is 3. The van der Waals surface area contributed by atoms with Gasteiger partial charge in [0.1, 0.15) is 0 Å². The Morgan fingerprint density at radius 2 is 2.31 bits per heavy atom. The van der Waals surface area contributed by atoms with Crippen molar-refractivity contribution >= 4 is 11.6 Å². The van der Waals surface area contributed by atoms with Gasteiger partial charge in [-0.3, -0.25) is 0 Å². The Morgan fingerprint density at radius 1 is 1.46 bits per heavy atom. The Kier molecular flexibility index (Phi) is 2.29. The molecule has 0 atom stereocenters. The van der Waals surface area contributed by atoms with E-state index in [0.29, 0.717) is 5.02 Å². The molecule has 0 spiro atoms. The van der Waals surface area contributed by atoms with Crippen molar-refractivity contribution in [1.29, 1.82) is 0 Å². The van der Waals surface area contributed by atoms with E-state index < -0.39 is 0 Å². The van der Waals surface area contributed by atoms with Crippen molar-refractivity contribution in [2.24, 2.45) is 0 Å². The van der Waals surface area contributed by atoms with Gasteiger partial charge < -0.3 is 14.8 Å². The number of rotatable bonds is 2. The molecule has 0 saturated carbocycles. The Hall–Kier alpha value is -0.930. The van der Waals surface area contributed by atoms with Crippen molar-refractivity contribution < 1.29 is 9.47 Å². The van der Waals surface area contributed by atoms with Crippen LogP contribution in [0.1, 0.15) is 5.56 Å². The van der Waals surface area contributed by atoms with E-state index in [2.05, 4.69) is 5.32 Å². The SMILES string of the molecule is CNCc1cc(Cl)cc2c1OCO2. The summed E-state index contributed by atoms with van der Waals surface area (Å²) in [5.41, 5.74) is 1.03. The van der Waals surface area contributed by atoms with Crippen LogP contribution in [0.15, 0.2) is 12.1 Å². The summed E-state index contributed by atoms with van der Waals surface area (Å²) >= 11 is 5.90. The smallest absolute Gasteiger partial charge is 0.231 e. The van der Waals surface area contributed by atoms with Crippen LogP contribution < -0.4 is 14.8 Å². The molecule has 4 heteroatoms. The van der Waals surface area contributed by atoms with Crippen LogP contribution in [0, 0.1) is 0 Å². The monoisotopic (exact) mass is 199 g/mol. The average molecular weight is 200 g/mol. The van der Waals surface area contributed by atoms with E-state index in [-0.39, 0.29) is 6.79 Å². The molecule has 0 amide bonds. The molecule has 1 N–H and O–H groups in total. The Morgan fingerprint density at radius 3 is 3.08 bits per heavy atom. The maximum absolute atomic E-state index is 5.90. The van der Waals surface area contributed by atoms with Crippen molar-refractivity contribution in [2.45, 2.75) is 6.54 Å². The first kappa shape index (κ1) is 8.66. The lowest BCUT2D eigenvalue weighted by atomic mass is 10.2. The van der Waals surface area contributed by atoms with Crippen molar-refractivity contribution in [1.82, 2.24) is 5.32 Å². The van der Waals surface area contributed by atoms with Crippen LogP contribution in [0.3, 0.4) is 0 Å². The van der Waals surface area contributed by atoms with Gasteiger partial charge in [-0.15, -0.1) is 0 Å². The third kappa shape index (κ3) is 1.57. The number of hydrogen-bond donors (Lipinski definition) is 1. The summed E-state index contributed by atoms with van der Waals surface area (Å²) in [5, 5.41) is 3.72. The zero-order valence-corrected chi connectivity index (χ0v) is 8.02. The van der Waals surface area contributed by atoms with Gasteiger partial charge in [-0.25, -0.2) is 0 Å². The Labute approximate surface area is 81.6 Å². The molecule has 3 nitrogen and oxygen atoms in total. The van der Waals surface area contributed by atoms with Gasteiger partial charge >= 0.3 is 0 Å². The fraction of sp³-hybridized carbons (Fsp3) is 0.333. The summed E-state index contributed by atoms with van der Waals surface area (Å²) in [7, 11) is 1.88. The third-order valence-corrected chi connectivity index (χ3v) is 2.10. The van der Waals surface area contributed by atoms with E-state index in [1.807, 2.05) is 13.1 Å². The minimum atomic E-state index is 0.284. The van der Waals surface area contributed by atoms with Crippen LogP contribution in [0.2, 0.25) is 5.02 Å². The minimum Gasteiger partial charge on any atom is -0.454 e. The summed E-state index contributed by atoms with van der Waals surface area (Å²) in [6, 6.07) is 3.65. The maximum Gasteiger partial charge on any atom is 0.231 e. The highest BCUT2D eigenvalue weighted by Gasteiger charge is 2.18. The van der Waals surface area contributed by atoms with E-state index in [1.54, 1.807) is 6.07 Å². The molecule has 1 aliphatic heterocycles. The van der Waals surface area contributed by atoms with Crippen LogP contribution in [0.5, 0.6) is 11.5 Å². The fourth-order valence-electron chi connectivity index (χ4n) is 1.37. The van der Waals surface area contributed by atoms with E-state index in [0.717, 1.165) is 23.6 Å². The van der Waals surface area contributed by atoms with Crippen LogP contribution in [0.4, 0.5) is 0 Å². The van der Waals surface area contributed by atoms with Gasteiger partial charge in [-0.2, -0.15) is 0 Å². The van der Waals surface area contributed by atoms with Crippen molar-refractivity contribution in [3.63, 3.8) is 0 Å². The van der Waals surface area contributed by atoms with Gasteiger partial charge in [-0.1, -0.05) is 11.6 Å². The number of benzene rings is 1. The lowest BCUT2D eigenvalue weighted by Gasteiger charge is -2.05. The summed E-state index contributed by atoms with van der Waals surface area (Å²) in [5.74, 6) is 1.54. The van der Waals surface area contributed by atoms with Crippen molar-refractivity contribution in [3.8, 4) is 11.5 Å². The van der Waals surface area contributed by atoms with E-state index in [1.165, 1.54) is 0 Å². The molecule has 1 aromatic carbocycles. The summed E-state index contributed by atoms with van der Waals surface area (Å²) in [4.78, 5) is 0. The molecular formula is C9H10ClNO2. The second-order valence-electron chi connectivity index (χ2n) is 2.83. The Balaban J connectivity index is 2.43. The third-order valence-electron chi connectivity index (χ3n) is 1.88. The van der Waals surface area contributed by atoms with E-state index in [4.69, 9.17) is 21.1 Å². The molecule has 13 heavy (non-hydrogen) atoms. The molecule has 0 aromatic heterocycles. The number of fused-ring (bicyclic) bond motifs is 1. The van der Waals surface area contributed by atoms with Crippen LogP contribution >= 0.6 is 11.6 Å². The first-order valence-corrected chi connectivity index (χ1v) is 4.41. The molecule has 0 saturated heterocycles. The molecule has 1 heterocycles. The average Bonchev–Trinajstić information content (AvgIpc) is 2.52. The van der Waals surface area contributed by atoms with E-state index in [9.17, 15) is 0 Å². The maximum atomic E-state index is 5.90. The van der Waals surface area contributed by atoms with Crippen LogP contribution in [-0.2, 0) is 6.54 Å². The molecule has 0 fully saturated rings. The lowest BCUT2D eigenvalue weighted by molar-refractivity contribution is 0.173. The predicted molar refractivity (Wildman–Crippen MR) is 50.3 cm³/mol. The molecule has 2 rings (SSSR count). The number of nitrogens with one attached hydrogen (secondary N) is 1. The molecule has 70 valence electrons. The predicted octanol–water partition coefficient (Wildman–Crippen LogP) is 1.79. The van der Waals surface area contributed by atoms with Crippen molar-refractivity contribution in [3.05, 3.63) is 22.7 Å². The number of ether oxygens (including phenoxy) is 2. The number of halogens is 1.